The molecule has 5 nitrogen and oxygen atoms in total. The van der Waals surface area contributed by atoms with E-state index in [1.807, 2.05) is 11.9 Å². The summed E-state index contributed by atoms with van der Waals surface area (Å²) in [5, 5.41) is 8.82. The van der Waals surface area contributed by atoms with Crippen LogP contribution in [0.4, 0.5) is 5.82 Å². The smallest absolute Gasteiger partial charge is 0.356 e. The monoisotopic (exact) mass is 223 g/mol. The molecule has 1 heterocycles. The largest absolute Gasteiger partial charge is 0.476 e. The summed E-state index contributed by atoms with van der Waals surface area (Å²) in [6, 6.07) is 0.276. The van der Waals surface area contributed by atoms with E-state index < -0.39 is 5.97 Å². The number of rotatable bonds is 4. The van der Waals surface area contributed by atoms with Gasteiger partial charge in [0.15, 0.2) is 5.69 Å². The van der Waals surface area contributed by atoms with Crippen LogP contribution in [0.1, 0.15) is 31.3 Å². The third kappa shape index (κ3) is 2.68. The molecule has 0 aliphatic heterocycles. The minimum Gasteiger partial charge on any atom is -0.476 e. The van der Waals surface area contributed by atoms with Crippen LogP contribution in [0.5, 0.6) is 0 Å². The van der Waals surface area contributed by atoms with E-state index in [0.717, 1.165) is 0 Å². The molecule has 0 amide bonds. The van der Waals surface area contributed by atoms with E-state index in [4.69, 9.17) is 5.11 Å². The molecule has 0 radical (unpaired) electrons. The zero-order valence-corrected chi connectivity index (χ0v) is 10.0. The summed E-state index contributed by atoms with van der Waals surface area (Å²) in [4.78, 5) is 20.6. The van der Waals surface area contributed by atoms with E-state index in [1.165, 1.54) is 6.20 Å². The van der Waals surface area contributed by atoms with Gasteiger partial charge in [-0.15, -0.1) is 0 Å². The summed E-state index contributed by atoms with van der Waals surface area (Å²) in [6.07, 6.45) is 2.82. The topological polar surface area (TPSA) is 66.3 Å². The van der Waals surface area contributed by atoms with Crippen LogP contribution in [-0.4, -0.2) is 34.1 Å². The molecule has 0 bridgehead atoms. The van der Waals surface area contributed by atoms with Gasteiger partial charge in [0.05, 0.1) is 12.4 Å². The lowest BCUT2D eigenvalue weighted by Crippen LogP contribution is -2.34. The maximum Gasteiger partial charge on any atom is 0.356 e. The van der Waals surface area contributed by atoms with Crippen LogP contribution in [0.15, 0.2) is 12.4 Å². The molecular formula is C11H17N3O2. The minimum atomic E-state index is -1.06. The zero-order valence-electron chi connectivity index (χ0n) is 10.0. The lowest BCUT2D eigenvalue weighted by Gasteiger charge is -2.28. The van der Waals surface area contributed by atoms with Crippen LogP contribution < -0.4 is 4.90 Å². The van der Waals surface area contributed by atoms with Crippen LogP contribution in [0.3, 0.4) is 0 Å². The first-order valence-corrected chi connectivity index (χ1v) is 5.21. The van der Waals surface area contributed by atoms with Crippen molar-refractivity contribution in [3.63, 3.8) is 0 Å². The Morgan fingerprint density at radius 2 is 2.00 bits per heavy atom. The van der Waals surface area contributed by atoms with E-state index in [2.05, 4.69) is 30.7 Å². The van der Waals surface area contributed by atoms with Gasteiger partial charge in [0.1, 0.15) is 5.82 Å². The Bertz CT molecular complexity index is 379. The van der Waals surface area contributed by atoms with Gasteiger partial charge in [0.25, 0.3) is 0 Å². The lowest BCUT2D eigenvalue weighted by molar-refractivity contribution is 0.0690. The first-order chi connectivity index (χ1) is 7.43. The Balaban J connectivity index is 2.95. The van der Waals surface area contributed by atoms with Crippen LogP contribution in [0.2, 0.25) is 0 Å². The maximum absolute atomic E-state index is 10.8. The van der Waals surface area contributed by atoms with Crippen molar-refractivity contribution in [1.29, 1.82) is 0 Å². The predicted molar refractivity (Wildman–Crippen MR) is 61.7 cm³/mol. The average Bonchev–Trinajstić information content (AvgIpc) is 2.27. The number of anilines is 1. The van der Waals surface area contributed by atoms with Crippen molar-refractivity contribution in [3.8, 4) is 0 Å². The lowest BCUT2D eigenvalue weighted by atomic mass is 10.1. The number of aromatic carboxylic acids is 1. The van der Waals surface area contributed by atoms with Gasteiger partial charge in [0, 0.05) is 13.1 Å². The second kappa shape index (κ2) is 4.92. The molecule has 88 valence electrons. The molecule has 0 spiro atoms. The molecule has 1 aromatic rings. The highest BCUT2D eigenvalue weighted by atomic mass is 16.4. The molecule has 1 rings (SSSR count). The first-order valence-electron chi connectivity index (χ1n) is 5.21. The number of hydrogen-bond donors (Lipinski definition) is 1. The fourth-order valence-corrected chi connectivity index (χ4v) is 1.28. The Morgan fingerprint density at radius 1 is 1.38 bits per heavy atom. The number of aromatic nitrogens is 2. The van der Waals surface area contributed by atoms with Gasteiger partial charge in [0.2, 0.25) is 0 Å². The van der Waals surface area contributed by atoms with Crippen molar-refractivity contribution in [2.45, 2.75) is 26.8 Å². The van der Waals surface area contributed by atoms with Crippen LogP contribution in [0, 0.1) is 5.92 Å². The van der Waals surface area contributed by atoms with E-state index in [0.29, 0.717) is 11.7 Å². The molecule has 0 aromatic carbocycles. The summed E-state index contributed by atoms with van der Waals surface area (Å²) in [5.41, 5.74) is -0.0275. The van der Waals surface area contributed by atoms with Crippen molar-refractivity contribution >= 4 is 11.8 Å². The fourth-order valence-electron chi connectivity index (χ4n) is 1.28. The second-order valence-corrected chi connectivity index (χ2v) is 4.16. The SMILES string of the molecule is CC(C)C(C)N(C)c1cncc(C(=O)O)n1. The summed E-state index contributed by atoms with van der Waals surface area (Å²) in [6.45, 7) is 6.28. The molecule has 0 saturated heterocycles. The molecule has 1 unspecified atom stereocenters. The molecule has 1 N–H and O–H groups in total. The molecule has 5 heteroatoms. The Hall–Kier alpha value is -1.65. The van der Waals surface area contributed by atoms with Crippen molar-refractivity contribution < 1.29 is 9.90 Å². The highest BCUT2D eigenvalue weighted by Crippen LogP contribution is 2.15. The van der Waals surface area contributed by atoms with Gasteiger partial charge < -0.3 is 10.0 Å². The number of carboxylic acid groups (broad SMARTS) is 1. The fraction of sp³-hybridized carbons (Fsp3) is 0.545. The van der Waals surface area contributed by atoms with Crippen molar-refractivity contribution in [1.82, 2.24) is 9.97 Å². The number of carbonyl (C=O) groups is 1. The van der Waals surface area contributed by atoms with E-state index in [-0.39, 0.29) is 11.7 Å². The summed E-state index contributed by atoms with van der Waals surface area (Å²) in [7, 11) is 1.89. The first kappa shape index (κ1) is 12.4. The van der Waals surface area contributed by atoms with Gasteiger partial charge in [-0.05, 0) is 12.8 Å². The molecule has 0 saturated carbocycles. The van der Waals surface area contributed by atoms with Gasteiger partial charge in [-0.3, -0.25) is 4.98 Å². The van der Waals surface area contributed by atoms with Gasteiger partial charge >= 0.3 is 5.97 Å². The molecular weight excluding hydrogens is 206 g/mol. The number of carboxylic acids is 1. The van der Waals surface area contributed by atoms with Crippen molar-refractivity contribution in [3.05, 3.63) is 18.1 Å². The van der Waals surface area contributed by atoms with Crippen LogP contribution in [-0.2, 0) is 0 Å². The normalized spacial score (nSPS) is 12.6. The quantitative estimate of drug-likeness (QED) is 0.840. The summed E-state index contributed by atoms with van der Waals surface area (Å²) in [5.74, 6) is -0.0127. The molecule has 0 fully saturated rings. The van der Waals surface area contributed by atoms with Gasteiger partial charge in [-0.25, -0.2) is 9.78 Å². The average molecular weight is 223 g/mol. The second-order valence-electron chi connectivity index (χ2n) is 4.16. The standard InChI is InChI=1S/C11H17N3O2/c1-7(2)8(3)14(4)10-6-12-5-9(13-10)11(15)16/h5-8H,1-4H3,(H,15,16). The highest BCUT2D eigenvalue weighted by Gasteiger charge is 2.16. The third-order valence-corrected chi connectivity index (χ3v) is 2.78. The highest BCUT2D eigenvalue weighted by molar-refractivity contribution is 5.85. The molecule has 0 aliphatic rings. The van der Waals surface area contributed by atoms with Gasteiger partial charge in [-0.1, -0.05) is 13.8 Å². The maximum atomic E-state index is 10.8. The van der Waals surface area contributed by atoms with Gasteiger partial charge in [-0.2, -0.15) is 0 Å². The Labute approximate surface area is 95.1 Å². The summed E-state index contributed by atoms with van der Waals surface area (Å²) < 4.78 is 0. The molecule has 0 aliphatic carbocycles. The minimum absolute atomic E-state index is 0.0275. The Morgan fingerprint density at radius 3 is 2.50 bits per heavy atom. The predicted octanol–water partition coefficient (Wildman–Crippen LogP) is 1.66. The van der Waals surface area contributed by atoms with E-state index in [1.54, 1.807) is 6.20 Å². The molecule has 1 atom stereocenters. The number of hydrogen-bond acceptors (Lipinski definition) is 4. The van der Waals surface area contributed by atoms with Crippen LogP contribution in [0.25, 0.3) is 0 Å². The van der Waals surface area contributed by atoms with Crippen molar-refractivity contribution in [2.24, 2.45) is 5.92 Å². The molecule has 16 heavy (non-hydrogen) atoms. The third-order valence-electron chi connectivity index (χ3n) is 2.78. The zero-order chi connectivity index (χ0) is 12.3. The Kier molecular flexibility index (Phi) is 3.82. The summed E-state index contributed by atoms with van der Waals surface area (Å²) >= 11 is 0. The van der Waals surface area contributed by atoms with Crippen LogP contribution >= 0.6 is 0 Å². The molecule has 1 aromatic heterocycles. The van der Waals surface area contributed by atoms with E-state index in [9.17, 15) is 4.79 Å². The number of nitrogens with zero attached hydrogens (tertiary/aromatic N) is 3. The van der Waals surface area contributed by atoms with Crippen molar-refractivity contribution in [2.75, 3.05) is 11.9 Å². The van der Waals surface area contributed by atoms with E-state index >= 15 is 0 Å².